The first-order valence-corrected chi connectivity index (χ1v) is 9.99. The average molecular weight is 407 g/mol. The average Bonchev–Trinajstić information content (AvgIpc) is 3.42. The molecule has 0 bridgehead atoms. The molecule has 9 heteroatoms. The molecule has 2 aliphatic heterocycles. The van der Waals surface area contributed by atoms with Crippen molar-refractivity contribution < 1.29 is 9.18 Å². The van der Waals surface area contributed by atoms with Crippen molar-refractivity contribution in [1.82, 2.24) is 19.7 Å². The summed E-state index contributed by atoms with van der Waals surface area (Å²) in [6.07, 6.45) is 7.29. The number of likely N-dealkylation sites (N-methyl/N-ethyl adjacent to an activating group) is 1. The summed E-state index contributed by atoms with van der Waals surface area (Å²) in [5, 5.41) is 7.61. The topological polar surface area (TPSA) is 79.2 Å². The molecule has 5 rings (SSSR count). The Morgan fingerprint density at radius 3 is 2.87 bits per heavy atom. The molecule has 1 saturated heterocycles. The van der Waals surface area contributed by atoms with Gasteiger partial charge in [0, 0.05) is 31.9 Å². The highest BCUT2D eigenvalue weighted by Gasteiger charge is 2.40. The summed E-state index contributed by atoms with van der Waals surface area (Å²) in [6.45, 7) is 1.94. The Bertz CT molecular complexity index is 1080. The molecule has 2 aromatic heterocycles. The van der Waals surface area contributed by atoms with E-state index in [2.05, 4.69) is 25.3 Å². The second kappa shape index (κ2) is 7.40. The number of rotatable bonds is 5. The van der Waals surface area contributed by atoms with Crippen LogP contribution in [0.1, 0.15) is 24.0 Å². The summed E-state index contributed by atoms with van der Waals surface area (Å²) in [7, 11) is 1.78. The molecule has 0 saturated carbocycles. The molecule has 1 aromatic carbocycles. The molecule has 0 aliphatic carbocycles. The molecule has 8 nitrogen and oxygen atoms in total. The zero-order chi connectivity index (χ0) is 20.7. The van der Waals surface area contributed by atoms with Gasteiger partial charge in [-0.1, -0.05) is 12.1 Å². The quantitative estimate of drug-likeness (QED) is 0.700. The van der Waals surface area contributed by atoms with Gasteiger partial charge in [-0.15, -0.1) is 0 Å². The van der Waals surface area contributed by atoms with Gasteiger partial charge in [0.1, 0.15) is 17.5 Å². The van der Waals surface area contributed by atoms with E-state index in [9.17, 15) is 9.18 Å². The smallest absolute Gasteiger partial charge is 0.249 e. The Kier molecular flexibility index (Phi) is 4.57. The highest BCUT2D eigenvalue weighted by Crippen LogP contribution is 2.37. The predicted molar refractivity (Wildman–Crippen MR) is 111 cm³/mol. The van der Waals surface area contributed by atoms with Crippen molar-refractivity contribution in [3.8, 4) is 0 Å². The molecular weight excluding hydrogens is 385 g/mol. The Hall–Kier alpha value is -3.49. The van der Waals surface area contributed by atoms with Crippen LogP contribution in [0, 0.1) is 5.82 Å². The lowest BCUT2D eigenvalue weighted by Gasteiger charge is -2.36. The number of halogens is 1. The van der Waals surface area contributed by atoms with Crippen LogP contribution < -0.4 is 15.1 Å². The summed E-state index contributed by atoms with van der Waals surface area (Å²) >= 11 is 0. The van der Waals surface area contributed by atoms with E-state index in [0.29, 0.717) is 19.0 Å². The number of carbonyl (C=O) groups is 1. The van der Waals surface area contributed by atoms with E-state index >= 15 is 0 Å². The van der Waals surface area contributed by atoms with Crippen LogP contribution in [0.15, 0.2) is 42.9 Å². The van der Waals surface area contributed by atoms with E-state index in [4.69, 9.17) is 0 Å². The zero-order valence-electron chi connectivity index (χ0n) is 16.6. The van der Waals surface area contributed by atoms with Crippen molar-refractivity contribution in [2.24, 2.45) is 0 Å². The summed E-state index contributed by atoms with van der Waals surface area (Å²) in [6, 6.07) is 6.29. The SMILES string of the molecule is CN1C(=O)[C@H]2CCCN2c2nc(NCc3cnn(Cc4ccc(F)cc4)c3)ncc21. The molecule has 1 atom stereocenters. The van der Waals surface area contributed by atoms with E-state index in [0.717, 1.165) is 42.0 Å². The third-order valence-corrected chi connectivity index (χ3v) is 5.65. The van der Waals surface area contributed by atoms with Gasteiger partial charge < -0.3 is 15.1 Å². The van der Waals surface area contributed by atoms with Gasteiger partial charge >= 0.3 is 0 Å². The van der Waals surface area contributed by atoms with E-state index in [1.54, 1.807) is 36.5 Å². The fourth-order valence-corrected chi connectivity index (χ4v) is 4.06. The summed E-state index contributed by atoms with van der Waals surface area (Å²) in [5.41, 5.74) is 2.72. The van der Waals surface area contributed by atoms with Gasteiger partial charge in [0.25, 0.3) is 0 Å². The molecular formula is C21H22FN7O. The fourth-order valence-electron chi connectivity index (χ4n) is 4.06. The monoisotopic (exact) mass is 407 g/mol. The van der Waals surface area contributed by atoms with Gasteiger partial charge in [0.2, 0.25) is 11.9 Å². The lowest BCUT2D eigenvalue weighted by atomic mass is 10.1. The van der Waals surface area contributed by atoms with Gasteiger partial charge in [-0.2, -0.15) is 10.1 Å². The molecule has 0 unspecified atom stereocenters. The number of carbonyl (C=O) groups excluding carboxylic acids is 1. The Morgan fingerprint density at radius 1 is 1.20 bits per heavy atom. The number of nitrogens with one attached hydrogen (secondary N) is 1. The number of hydrogen-bond acceptors (Lipinski definition) is 6. The molecule has 0 spiro atoms. The van der Waals surface area contributed by atoms with Crippen molar-refractivity contribution in [2.75, 3.05) is 28.7 Å². The predicted octanol–water partition coefficient (Wildman–Crippen LogP) is 2.42. The van der Waals surface area contributed by atoms with Crippen LogP contribution in [-0.4, -0.2) is 45.3 Å². The highest BCUT2D eigenvalue weighted by atomic mass is 19.1. The van der Waals surface area contributed by atoms with Crippen molar-refractivity contribution in [3.05, 3.63) is 59.8 Å². The van der Waals surface area contributed by atoms with E-state index < -0.39 is 0 Å². The van der Waals surface area contributed by atoms with Crippen LogP contribution in [-0.2, 0) is 17.9 Å². The van der Waals surface area contributed by atoms with Crippen LogP contribution in [0.4, 0.5) is 21.8 Å². The van der Waals surface area contributed by atoms with Crippen LogP contribution in [0.2, 0.25) is 0 Å². The molecule has 1 fully saturated rings. The number of aromatic nitrogens is 4. The minimum Gasteiger partial charge on any atom is -0.350 e. The maximum Gasteiger partial charge on any atom is 0.249 e. The maximum absolute atomic E-state index is 13.0. The van der Waals surface area contributed by atoms with Crippen molar-refractivity contribution in [2.45, 2.75) is 32.0 Å². The van der Waals surface area contributed by atoms with Gasteiger partial charge in [-0.25, -0.2) is 9.37 Å². The minimum atomic E-state index is -0.245. The number of fused-ring (bicyclic) bond motifs is 3. The molecule has 3 aromatic rings. The molecule has 30 heavy (non-hydrogen) atoms. The first-order valence-electron chi connectivity index (χ1n) is 9.99. The third kappa shape index (κ3) is 3.36. The lowest BCUT2D eigenvalue weighted by molar-refractivity contribution is -0.119. The second-order valence-corrected chi connectivity index (χ2v) is 7.68. The lowest BCUT2D eigenvalue weighted by Crippen LogP contribution is -2.49. The third-order valence-electron chi connectivity index (χ3n) is 5.65. The molecule has 2 aliphatic rings. The van der Waals surface area contributed by atoms with Crippen LogP contribution in [0.25, 0.3) is 0 Å². The largest absolute Gasteiger partial charge is 0.350 e. The molecule has 0 radical (unpaired) electrons. The molecule has 154 valence electrons. The van der Waals surface area contributed by atoms with E-state index in [1.165, 1.54) is 12.1 Å². The van der Waals surface area contributed by atoms with Crippen LogP contribution in [0.3, 0.4) is 0 Å². The normalized spacial score (nSPS) is 17.8. The van der Waals surface area contributed by atoms with Gasteiger partial charge in [0.05, 0.1) is 18.9 Å². The number of benzene rings is 1. The molecule has 1 amide bonds. The summed E-state index contributed by atoms with van der Waals surface area (Å²) in [5.74, 6) is 1.19. The first-order chi connectivity index (χ1) is 14.6. The summed E-state index contributed by atoms with van der Waals surface area (Å²) in [4.78, 5) is 25.3. The highest BCUT2D eigenvalue weighted by molar-refractivity contribution is 6.04. The van der Waals surface area contributed by atoms with Crippen LogP contribution >= 0.6 is 0 Å². The first kappa shape index (κ1) is 18.5. The maximum atomic E-state index is 13.0. The molecule has 1 N–H and O–H groups in total. The number of anilines is 3. The van der Waals surface area contributed by atoms with Crippen molar-refractivity contribution in [3.63, 3.8) is 0 Å². The van der Waals surface area contributed by atoms with Crippen molar-refractivity contribution in [1.29, 1.82) is 0 Å². The Labute approximate surface area is 173 Å². The fraction of sp³-hybridized carbons (Fsp3) is 0.333. The number of nitrogens with zero attached hydrogens (tertiary/aromatic N) is 6. The van der Waals surface area contributed by atoms with E-state index in [1.807, 2.05) is 10.9 Å². The van der Waals surface area contributed by atoms with E-state index in [-0.39, 0.29) is 17.8 Å². The van der Waals surface area contributed by atoms with Crippen LogP contribution in [0.5, 0.6) is 0 Å². The van der Waals surface area contributed by atoms with Gasteiger partial charge in [-0.05, 0) is 30.5 Å². The van der Waals surface area contributed by atoms with Gasteiger partial charge in [-0.3, -0.25) is 9.48 Å². The van der Waals surface area contributed by atoms with Gasteiger partial charge in [0.15, 0.2) is 5.82 Å². The minimum absolute atomic E-state index is 0.109. The Morgan fingerprint density at radius 2 is 2.03 bits per heavy atom. The zero-order valence-corrected chi connectivity index (χ0v) is 16.6. The second-order valence-electron chi connectivity index (χ2n) is 7.68. The van der Waals surface area contributed by atoms with Crippen molar-refractivity contribution >= 4 is 23.4 Å². The molecule has 4 heterocycles. The number of amides is 1. The number of hydrogen-bond donors (Lipinski definition) is 1. The summed E-state index contributed by atoms with van der Waals surface area (Å²) < 4.78 is 14.9. The Balaban J connectivity index is 1.27. The standard InChI is InChI=1S/C21H22FN7O/c1-27-18-11-24-21(26-19(18)29-8-2-3-17(29)20(27)30)23-9-15-10-25-28(13-15)12-14-4-6-16(22)7-5-14/h4-7,10-11,13,17H,2-3,8-9,12H2,1H3,(H,23,24,26)/t17-/m1/s1.